The Hall–Kier alpha value is -1.07. The number of nitrogens with two attached hydrogens (primary N) is 1. The van der Waals surface area contributed by atoms with Crippen molar-refractivity contribution in [2.24, 2.45) is 5.84 Å². The molecule has 1 aromatic carbocycles. The first-order chi connectivity index (χ1) is 10.2. The minimum absolute atomic E-state index is 0.0735. The zero-order valence-corrected chi connectivity index (χ0v) is 13.7. The third kappa shape index (κ3) is 5.00. The van der Waals surface area contributed by atoms with E-state index in [1.165, 1.54) is 4.88 Å². The van der Waals surface area contributed by atoms with Crippen LogP contribution in [0.2, 0.25) is 4.34 Å². The Labute approximate surface area is 135 Å². The van der Waals surface area contributed by atoms with Crippen LogP contribution in [0.25, 0.3) is 0 Å². The van der Waals surface area contributed by atoms with Gasteiger partial charge in [-0.2, -0.15) is 0 Å². The monoisotopic (exact) mass is 324 g/mol. The summed E-state index contributed by atoms with van der Waals surface area (Å²) < 4.78 is 6.48. The van der Waals surface area contributed by atoms with E-state index in [4.69, 9.17) is 22.2 Å². The van der Waals surface area contributed by atoms with Gasteiger partial charge in [0.2, 0.25) is 0 Å². The first-order valence-corrected chi connectivity index (χ1v) is 8.35. The SMILES string of the molecule is CCCCOc1ccc(C(Cc2ccc(Cl)s2)NN)cc1. The highest BCUT2D eigenvalue weighted by atomic mass is 35.5. The van der Waals surface area contributed by atoms with Crippen LogP contribution in [-0.4, -0.2) is 6.61 Å². The molecule has 0 aliphatic carbocycles. The summed E-state index contributed by atoms with van der Waals surface area (Å²) >= 11 is 7.55. The van der Waals surface area contributed by atoms with Crippen LogP contribution >= 0.6 is 22.9 Å². The Balaban J connectivity index is 1.98. The van der Waals surface area contributed by atoms with Crippen molar-refractivity contribution < 1.29 is 4.74 Å². The molecule has 0 aliphatic heterocycles. The smallest absolute Gasteiger partial charge is 0.119 e. The molecular weight excluding hydrogens is 304 g/mol. The van der Waals surface area contributed by atoms with Gasteiger partial charge >= 0.3 is 0 Å². The average molecular weight is 325 g/mol. The normalized spacial score (nSPS) is 12.3. The van der Waals surface area contributed by atoms with Crippen molar-refractivity contribution in [3.05, 3.63) is 51.2 Å². The van der Waals surface area contributed by atoms with E-state index in [-0.39, 0.29) is 6.04 Å². The predicted molar refractivity (Wildman–Crippen MR) is 89.9 cm³/mol. The molecule has 3 N–H and O–H groups in total. The van der Waals surface area contributed by atoms with Crippen LogP contribution in [0.1, 0.15) is 36.2 Å². The number of hydrogen-bond acceptors (Lipinski definition) is 4. The van der Waals surface area contributed by atoms with Crippen molar-refractivity contribution in [3.8, 4) is 5.75 Å². The van der Waals surface area contributed by atoms with Gasteiger partial charge in [0.05, 0.1) is 17.0 Å². The van der Waals surface area contributed by atoms with Crippen LogP contribution in [0.5, 0.6) is 5.75 Å². The van der Waals surface area contributed by atoms with Crippen LogP contribution in [0, 0.1) is 0 Å². The second-order valence-corrected chi connectivity index (χ2v) is 6.70. The molecule has 0 saturated heterocycles. The minimum atomic E-state index is 0.0735. The molecule has 0 fully saturated rings. The lowest BCUT2D eigenvalue weighted by atomic mass is 10.0. The van der Waals surface area contributed by atoms with Gasteiger partial charge in [0.1, 0.15) is 5.75 Å². The molecule has 0 aliphatic rings. The molecule has 0 bridgehead atoms. The standard InChI is InChI=1S/C16H21ClN2OS/c1-2-3-10-20-13-6-4-12(5-7-13)15(19-18)11-14-8-9-16(17)21-14/h4-9,15,19H,2-3,10-11,18H2,1H3. The molecule has 5 heteroatoms. The van der Waals surface area contributed by atoms with Gasteiger partial charge < -0.3 is 4.74 Å². The van der Waals surface area contributed by atoms with E-state index in [1.54, 1.807) is 11.3 Å². The lowest BCUT2D eigenvalue weighted by Crippen LogP contribution is -2.29. The van der Waals surface area contributed by atoms with Crippen LogP contribution in [0.4, 0.5) is 0 Å². The van der Waals surface area contributed by atoms with Crippen LogP contribution in [0.3, 0.4) is 0 Å². The predicted octanol–water partition coefficient (Wildman–Crippen LogP) is 4.33. The minimum Gasteiger partial charge on any atom is -0.494 e. The summed E-state index contributed by atoms with van der Waals surface area (Å²) in [5, 5.41) is 0. The number of benzene rings is 1. The average Bonchev–Trinajstić information content (AvgIpc) is 2.91. The quantitative estimate of drug-likeness (QED) is 0.431. The lowest BCUT2D eigenvalue weighted by molar-refractivity contribution is 0.309. The van der Waals surface area contributed by atoms with Crippen molar-refractivity contribution in [3.63, 3.8) is 0 Å². The topological polar surface area (TPSA) is 47.3 Å². The fourth-order valence-corrected chi connectivity index (χ4v) is 3.20. The van der Waals surface area contributed by atoms with Gasteiger partial charge in [-0.3, -0.25) is 11.3 Å². The van der Waals surface area contributed by atoms with Crippen LogP contribution in [-0.2, 0) is 6.42 Å². The zero-order chi connectivity index (χ0) is 15.1. The summed E-state index contributed by atoms with van der Waals surface area (Å²) in [5.74, 6) is 6.59. The molecule has 2 aromatic rings. The van der Waals surface area contributed by atoms with Crippen molar-refractivity contribution in [1.29, 1.82) is 0 Å². The van der Waals surface area contributed by atoms with E-state index >= 15 is 0 Å². The van der Waals surface area contributed by atoms with E-state index in [1.807, 2.05) is 24.3 Å². The number of rotatable bonds is 8. The number of halogens is 1. The molecule has 0 saturated carbocycles. The molecule has 1 aromatic heterocycles. The molecule has 0 radical (unpaired) electrons. The molecule has 0 spiro atoms. The molecule has 1 atom stereocenters. The van der Waals surface area contributed by atoms with Gasteiger partial charge in [-0.1, -0.05) is 37.1 Å². The lowest BCUT2D eigenvalue weighted by Gasteiger charge is -2.16. The number of thiophene rings is 1. The summed E-state index contributed by atoms with van der Waals surface area (Å²) in [4.78, 5) is 1.21. The highest BCUT2D eigenvalue weighted by Gasteiger charge is 2.12. The molecule has 2 rings (SSSR count). The first-order valence-electron chi connectivity index (χ1n) is 7.16. The van der Waals surface area contributed by atoms with E-state index in [0.29, 0.717) is 0 Å². The fourth-order valence-electron chi connectivity index (χ4n) is 2.07. The molecule has 1 unspecified atom stereocenters. The number of hydrazine groups is 1. The number of unbranched alkanes of at least 4 members (excludes halogenated alkanes) is 1. The number of nitrogens with one attached hydrogen (secondary N) is 1. The van der Waals surface area contributed by atoms with Crippen molar-refractivity contribution in [2.75, 3.05) is 6.61 Å². The maximum atomic E-state index is 5.96. The van der Waals surface area contributed by atoms with Crippen LogP contribution in [0.15, 0.2) is 36.4 Å². The Morgan fingerprint density at radius 2 is 2.00 bits per heavy atom. The van der Waals surface area contributed by atoms with Gasteiger partial charge in [0.15, 0.2) is 0 Å². The summed E-state index contributed by atoms with van der Waals surface area (Å²) in [6.07, 6.45) is 3.04. The summed E-state index contributed by atoms with van der Waals surface area (Å²) in [5.41, 5.74) is 4.01. The molecule has 0 amide bonds. The van der Waals surface area contributed by atoms with E-state index < -0.39 is 0 Å². The van der Waals surface area contributed by atoms with Gasteiger partial charge in [0, 0.05) is 11.3 Å². The Bertz CT molecular complexity index is 541. The highest BCUT2D eigenvalue weighted by Crippen LogP contribution is 2.27. The second kappa shape index (κ2) is 8.39. The van der Waals surface area contributed by atoms with E-state index in [2.05, 4.69) is 24.5 Å². The van der Waals surface area contributed by atoms with E-state index in [9.17, 15) is 0 Å². The Kier molecular flexibility index (Phi) is 6.51. The fraction of sp³-hybridized carbons (Fsp3) is 0.375. The number of ether oxygens (including phenoxy) is 1. The van der Waals surface area contributed by atoms with Crippen molar-refractivity contribution >= 4 is 22.9 Å². The summed E-state index contributed by atoms with van der Waals surface area (Å²) in [7, 11) is 0. The van der Waals surface area contributed by atoms with E-state index in [0.717, 1.165) is 41.5 Å². The maximum absolute atomic E-state index is 5.96. The van der Waals surface area contributed by atoms with Gasteiger partial charge in [-0.25, -0.2) is 0 Å². The molecule has 3 nitrogen and oxygen atoms in total. The highest BCUT2D eigenvalue weighted by molar-refractivity contribution is 7.16. The third-order valence-electron chi connectivity index (χ3n) is 3.28. The Morgan fingerprint density at radius 1 is 1.24 bits per heavy atom. The van der Waals surface area contributed by atoms with Gasteiger partial charge in [-0.15, -0.1) is 11.3 Å². The van der Waals surface area contributed by atoms with Crippen molar-refractivity contribution in [1.82, 2.24) is 5.43 Å². The third-order valence-corrected chi connectivity index (χ3v) is 4.54. The van der Waals surface area contributed by atoms with Crippen molar-refractivity contribution in [2.45, 2.75) is 32.2 Å². The molecule has 1 heterocycles. The molecule has 21 heavy (non-hydrogen) atoms. The largest absolute Gasteiger partial charge is 0.494 e. The first kappa shape index (κ1) is 16.3. The zero-order valence-electron chi connectivity index (χ0n) is 12.1. The maximum Gasteiger partial charge on any atom is 0.119 e. The molecular formula is C16H21ClN2OS. The Morgan fingerprint density at radius 3 is 2.57 bits per heavy atom. The van der Waals surface area contributed by atoms with Gasteiger partial charge in [0.25, 0.3) is 0 Å². The second-order valence-electron chi connectivity index (χ2n) is 4.90. The van der Waals surface area contributed by atoms with Crippen LogP contribution < -0.4 is 16.0 Å². The van der Waals surface area contributed by atoms with Gasteiger partial charge in [-0.05, 0) is 36.2 Å². The summed E-state index contributed by atoms with van der Waals surface area (Å²) in [6.45, 7) is 2.92. The molecule has 114 valence electrons. The number of hydrogen-bond donors (Lipinski definition) is 2. The summed E-state index contributed by atoms with van der Waals surface area (Å²) in [6, 6.07) is 12.1.